The Bertz CT molecular complexity index is 495. The predicted molar refractivity (Wildman–Crippen MR) is 80.9 cm³/mol. The molecule has 1 heterocycles. The molecule has 3 N–H and O–H groups in total. The first kappa shape index (κ1) is 15.1. The molecule has 1 amide bonds. The Morgan fingerprint density at radius 2 is 2.35 bits per heavy atom. The highest BCUT2D eigenvalue weighted by Crippen LogP contribution is 2.24. The molecule has 1 aromatic rings. The summed E-state index contributed by atoms with van der Waals surface area (Å²) in [4.78, 5) is 14.1. The molecule has 2 atom stereocenters. The van der Waals surface area contributed by atoms with Crippen molar-refractivity contribution in [1.82, 2.24) is 4.90 Å². The van der Waals surface area contributed by atoms with Gasteiger partial charge in [-0.1, -0.05) is 11.6 Å². The average molecular weight is 298 g/mol. The molecule has 0 bridgehead atoms. The summed E-state index contributed by atoms with van der Waals surface area (Å²) in [5.74, 6) is -0.0988. The number of carbonyl (C=O) groups is 1. The van der Waals surface area contributed by atoms with Crippen LogP contribution in [0, 0.1) is 0 Å². The lowest BCUT2D eigenvalue weighted by Gasteiger charge is -2.25. The number of hydrogen-bond acceptors (Lipinski definition) is 4. The molecular formula is C14H20ClN3O2. The van der Waals surface area contributed by atoms with Crippen LogP contribution in [0.4, 0.5) is 11.4 Å². The Morgan fingerprint density at radius 1 is 1.60 bits per heavy atom. The lowest BCUT2D eigenvalue weighted by Crippen LogP contribution is -2.41. The number of benzene rings is 1. The zero-order chi connectivity index (χ0) is 14.7. The molecule has 1 aromatic carbocycles. The summed E-state index contributed by atoms with van der Waals surface area (Å²) < 4.78 is 5.51. The van der Waals surface area contributed by atoms with E-state index in [1.54, 1.807) is 18.2 Å². The molecular weight excluding hydrogens is 278 g/mol. The number of carbonyl (C=O) groups excluding carboxylic acids is 1. The maximum Gasteiger partial charge on any atom is 0.238 e. The van der Waals surface area contributed by atoms with Crippen molar-refractivity contribution in [2.75, 3.05) is 31.2 Å². The number of ether oxygens (including phenoxy) is 1. The molecule has 5 nitrogen and oxygen atoms in total. The standard InChI is InChI=1S/C14H20ClN3O2/c1-9-13(5-6-20-9)18(2)8-14(19)17-12-4-3-10(16)7-11(12)15/h3-4,7,9,13H,5-6,8,16H2,1-2H3,(H,17,19). The molecule has 2 unspecified atom stereocenters. The zero-order valence-electron chi connectivity index (χ0n) is 11.7. The van der Waals surface area contributed by atoms with Crippen LogP contribution in [0.5, 0.6) is 0 Å². The van der Waals surface area contributed by atoms with Gasteiger partial charge in [0.1, 0.15) is 0 Å². The van der Waals surface area contributed by atoms with Gasteiger partial charge in [0.15, 0.2) is 0 Å². The molecule has 0 radical (unpaired) electrons. The maximum absolute atomic E-state index is 12.0. The number of nitrogen functional groups attached to an aromatic ring is 1. The number of anilines is 2. The van der Waals surface area contributed by atoms with Gasteiger partial charge in [0.25, 0.3) is 0 Å². The van der Waals surface area contributed by atoms with Gasteiger partial charge in [-0.05, 0) is 38.6 Å². The lowest BCUT2D eigenvalue weighted by molar-refractivity contribution is -0.117. The number of halogens is 1. The van der Waals surface area contributed by atoms with Crippen LogP contribution < -0.4 is 11.1 Å². The van der Waals surface area contributed by atoms with E-state index in [1.807, 2.05) is 18.9 Å². The summed E-state index contributed by atoms with van der Waals surface area (Å²) in [6.07, 6.45) is 1.11. The first-order chi connectivity index (χ1) is 9.47. The molecule has 0 spiro atoms. The van der Waals surface area contributed by atoms with Crippen molar-refractivity contribution in [2.24, 2.45) is 0 Å². The maximum atomic E-state index is 12.0. The van der Waals surface area contributed by atoms with Gasteiger partial charge >= 0.3 is 0 Å². The minimum Gasteiger partial charge on any atom is -0.399 e. The number of nitrogens with zero attached hydrogens (tertiary/aromatic N) is 1. The van der Waals surface area contributed by atoms with Crippen molar-refractivity contribution in [3.8, 4) is 0 Å². The van der Waals surface area contributed by atoms with Crippen molar-refractivity contribution in [3.05, 3.63) is 23.2 Å². The van der Waals surface area contributed by atoms with Crippen LogP contribution in [-0.2, 0) is 9.53 Å². The highest BCUT2D eigenvalue weighted by atomic mass is 35.5. The van der Waals surface area contributed by atoms with E-state index in [4.69, 9.17) is 22.1 Å². The van der Waals surface area contributed by atoms with E-state index in [1.165, 1.54) is 0 Å². The first-order valence-corrected chi connectivity index (χ1v) is 7.02. The second-order valence-electron chi connectivity index (χ2n) is 5.13. The number of hydrogen-bond donors (Lipinski definition) is 2. The molecule has 2 rings (SSSR count). The SMILES string of the molecule is CC1OCCC1N(C)CC(=O)Nc1ccc(N)cc1Cl. The molecule has 0 aromatic heterocycles. The monoisotopic (exact) mass is 297 g/mol. The van der Waals surface area contributed by atoms with Crippen molar-refractivity contribution in [2.45, 2.75) is 25.5 Å². The fourth-order valence-corrected chi connectivity index (χ4v) is 2.70. The Hall–Kier alpha value is -1.30. The third-order valence-electron chi connectivity index (χ3n) is 3.56. The third-order valence-corrected chi connectivity index (χ3v) is 3.88. The molecule has 6 heteroatoms. The minimum atomic E-state index is -0.0988. The van der Waals surface area contributed by atoms with Crippen LogP contribution in [0.3, 0.4) is 0 Å². The Balaban J connectivity index is 1.92. The lowest BCUT2D eigenvalue weighted by atomic mass is 10.1. The molecule has 0 saturated carbocycles. The van der Waals surface area contributed by atoms with Crippen LogP contribution in [0.15, 0.2) is 18.2 Å². The fraction of sp³-hybridized carbons (Fsp3) is 0.500. The van der Waals surface area contributed by atoms with Gasteiger partial charge in [-0.25, -0.2) is 0 Å². The highest BCUT2D eigenvalue weighted by molar-refractivity contribution is 6.34. The van der Waals surface area contributed by atoms with Crippen molar-refractivity contribution in [1.29, 1.82) is 0 Å². The highest BCUT2D eigenvalue weighted by Gasteiger charge is 2.28. The average Bonchev–Trinajstić information content (AvgIpc) is 2.79. The van der Waals surface area contributed by atoms with E-state index in [0.29, 0.717) is 22.9 Å². The normalized spacial score (nSPS) is 22.2. The Kier molecular flexibility index (Phi) is 4.86. The van der Waals surface area contributed by atoms with E-state index >= 15 is 0 Å². The molecule has 20 heavy (non-hydrogen) atoms. The summed E-state index contributed by atoms with van der Waals surface area (Å²) in [7, 11) is 1.93. The van der Waals surface area contributed by atoms with E-state index in [0.717, 1.165) is 13.0 Å². The van der Waals surface area contributed by atoms with Crippen LogP contribution in [0.2, 0.25) is 5.02 Å². The van der Waals surface area contributed by atoms with Crippen LogP contribution in [-0.4, -0.2) is 43.2 Å². The smallest absolute Gasteiger partial charge is 0.238 e. The molecule has 1 saturated heterocycles. The second-order valence-corrected chi connectivity index (χ2v) is 5.54. The van der Waals surface area contributed by atoms with E-state index in [2.05, 4.69) is 5.32 Å². The van der Waals surface area contributed by atoms with Gasteiger partial charge in [0.2, 0.25) is 5.91 Å². The van der Waals surface area contributed by atoms with Crippen molar-refractivity contribution < 1.29 is 9.53 Å². The zero-order valence-corrected chi connectivity index (χ0v) is 12.5. The van der Waals surface area contributed by atoms with Crippen LogP contribution in [0.1, 0.15) is 13.3 Å². The molecule has 110 valence electrons. The van der Waals surface area contributed by atoms with Crippen molar-refractivity contribution >= 4 is 28.9 Å². The van der Waals surface area contributed by atoms with E-state index in [-0.39, 0.29) is 18.1 Å². The molecule has 0 aliphatic carbocycles. The second kappa shape index (κ2) is 6.43. The van der Waals surface area contributed by atoms with Gasteiger partial charge in [0, 0.05) is 18.3 Å². The summed E-state index contributed by atoms with van der Waals surface area (Å²) in [6, 6.07) is 5.31. The summed E-state index contributed by atoms with van der Waals surface area (Å²) in [5, 5.41) is 3.24. The minimum absolute atomic E-state index is 0.0988. The van der Waals surface area contributed by atoms with E-state index < -0.39 is 0 Å². The van der Waals surface area contributed by atoms with Crippen molar-refractivity contribution in [3.63, 3.8) is 0 Å². The molecule has 1 fully saturated rings. The fourth-order valence-electron chi connectivity index (χ4n) is 2.47. The quantitative estimate of drug-likeness (QED) is 0.834. The number of amides is 1. The van der Waals surface area contributed by atoms with E-state index in [9.17, 15) is 4.79 Å². The third kappa shape index (κ3) is 3.62. The topological polar surface area (TPSA) is 67.6 Å². The summed E-state index contributed by atoms with van der Waals surface area (Å²) in [6.45, 7) is 3.09. The van der Waals surface area contributed by atoms with Gasteiger partial charge in [0.05, 0.1) is 23.4 Å². The molecule has 1 aliphatic heterocycles. The predicted octanol–water partition coefficient (Wildman–Crippen LogP) is 1.97. The van der Waals surface area contributed by atoms with Crippen LogP contribution in [0.25, 0.3) is 0 Å². The molecule has 1 aliphatic rings. The number of rotatable bonds is 4. The largest absolute Gasteiger partial charge is 0.399 e. The van der Waals surface area contributed by atoms with Gasteiger partial charge < -0.3 is 15.8 Å². The van der Waals surface area contributed by atoms with Crippen LogP contribution >= 0.6 is 11.6 Å². The number of nitrogens with one attached hydrogen (secondary N) is 1. The van der Waals surface area contributed by atoms with Gasteiger partial charge in [-0.3, -0.25) is 9.69 Å². The summed E-state index contributed by atoms with van der Waals surface area (Å²) >= 11 is 6.03. The van der Waals surface area contributed by atoms with Gasteiger partial charge in [-0.15, -0.1) is 0 Å². The Morgan fingerprint density at radius 3 is 2.95 bits per heavy atom. The number of likely N-dealkylation sites (N-methyl/N-ethyl adjacent to an activating group) is 1. The number of nitrogens with two attached hydrogens (primary N) is 1. The Labute approximate surface area is 124 Å². The first-order valence-electron chi connectivity index (χ1n) is 6.64. The van der Waals surface area contributed by atoms with Gasteiger partial charge in [-0.2, -0.15) is 0 Å². The summed E-state index contributed by atoms with van der Waals surface area (Å²) in [5.41, 5.74) is 6.77.